The van der Waals surface area contributed by atoms with Crippen molar-refractivity contribution in [3.63, 3.8) is 0 Å². The van der Waals surface area contributed by atoms with Crippen LogP contribution in [0.1, 0.15) is 16.7 Å². The van der Waals surface area contributed by atoms with Crippen molar-refractivity contribution in [1.29, 1.82) is 0 Å². The molecule has 1 aliphatic carbocycles. The van der Waals surface area contributed by atoms with Crippen LogP contribution >= 0.6 is 12.4 Å². The summed E-state index contributed by atoms with van der Waals surface area (Å²) in [6, 6.07) is 17.0. The minimum atomic E-state index is 0. The second kappa shape index (κ2) is 5.53. The van der Waals surface area contributed by atoms with Crippen molar-refractivity contribution < 1.29 is 0 Å². The standard InChI is InChI=1S/C20H17N3.ClH/c1-12-7-10-17-16(11-12)14-8-9-15-18(13-5-3-2-4-6-13)22-23-20(15)19(14)21-17;/h2-7,10-11,21H,8-9H2,1H3,(H,22,23);1H. The summed E-state index contributed by atoms with van der Waals surface area (Å²) in [6.45, 7) is 2.15. The molecule has 0 spiro atoms. The SMILES string of the molecule is Cc1ccc2[nH]c3c(c2c1)CCc1c(-c2ccccc2)n[nH]c1-3.Cl. The first kappa shape index (κ1) is 15.0. The Morgan fingerprint density at radius 2 is 1.71 bits per heavy atom. The van der Waals surface area contributed by atoms with Crippen LogP contribution < -0.4 is 0 Å². The normalized spacial score (nSPS) is 12.5. The van der Waals surface area contributed by atoms with E-state index in [-0.39, 0.29) is 12.4 Å². The lowest BCUT2D eigenvalue weighted by Gasteiger charge is -2.13. The molecule has 0 saturated heterocycles. The number of rotatable bonds is 1. The highest BCUT2D eigenvalue weighted by Gasteiger charge is 2.25. The van der Waals surface area contributed by atoms with Crippen LogP contribution in [0.2, 0.25) is 0 Å². The summed E-state index contributed by atoms with van der Waals surface area (Å²) < 4.78 is 0. The Bertz CT molecular complexity index is 1030. The molecule has 3 nitrogen and oxygen atoms in total. The molecule has 4 heteroatoms. The van der Waals surface area contributed by atoms with Gasteiger partial charge in [0.2, 0.25) is 0 Å². The molecule has 0 fully saturated rings. The van der Waals surface area contributed by atoms with Gasteiger partial charge < -0.3 is 4.98 Å². The van der Waals surface area contributed by atoms with Crippen LogP contribution in [0.4, 0.5) is 0 Å². The molecular weight excluding hydrogens is 318 g/mol. The van der Waals surface area contributed by atoms with Crippen molar-refractivity contribution in [3.05, 3.63) is 65.2 Å². The Kier molecular flexibility index (Phi) is 3.47. The summed E-state index contributed by atoms with van der Waals surface area (Å²) in [6.07, 6.45) is 2.09. The first-order valence-corrected chi connectivity index (χ1v) is 8.05. The van der Waals surface area contributed by atoms with Crippen LogP contribution in [0.3, 0.4) is 0 Å². The Morgan fingerprint density at radius 1 is 0.917 bits per heavy atom. The average molecular weight is 336 g/mol. The highest BCUT2D eigenvalue weighted by atomic mass is 35.5. The molecule has 0 aliphatic heterocycles. The molecule has 2 aromatic carbocycles. The van der Waals surface area contributed by atoms with Crippen molar-refractivity contribution in [1.82, 2.24) is 15.2 Å². The number of aryl methyl sites for hydroxylation is 2. The predicted octanol–water partition coefficient (Wildman–Crippen LogP) is 5.05. The van der Waals surface area contributed by atoms with Crippen LogP contribution in [0.5, 0.6) is 0 Å². The van der Waals surface area contributed by atoms with Gasteiger partial charge in [0.05, 0.1) is 17.1 Å². The van der Waals surface area contributed by atoms with Gasteiger partial charge >= 0.3 is 0 Å². The van der Waals surface area contributed by atoms with Crippen LogP contribution in [-0.2, 0) is 12.8 Å². The maximum atomic E-state index is 4.61. The topological polar surface area (TPSA) is 44.5 Å². The van der Waals surface area contributed by atoms with E-state index in [0.717, 1.165) is 24.2 Å². The fraction of sp³-hybridized carbons (Fsp3) is 0.150. The van der Waals surface area contributed by atoms with Gasteiger partial charge in [0.1, 0.15) is 0 Å². The monoisotopic (exact) mass is 335 g/mol. The van der Waals surface area contributed by atoms with E-state index in [2.05, 4.69) is 64.6 Å². The first-order valence-electron chi connectivity index (χ1n) is 8.05. The molecule has 120 valence electrons. The van der Waals surface area contributed by atoms with Crippen LogP contribution in [0.25, 0.3) is 33.5 Å². The van der Waals surface area contributed by atoms with E-state index in [1.807, 2.05) is 6.07 Å². The van der Waals surface area contributed by atoms with E-state index in [1.165, 1.54) is 38.9 Å². The van der Waals surface area contributed by atoms with E-state index in [1.54, 1.807) is 0 Å². The Labute approximate surface area is 146 Å². The zero-order valence-corrected chi connectivity index (χ0v) is 14.2. The maximum Gasteiger partial charge on any atom is 0.0959 e. The fourth-order valence-electron chi connectivity index (χ4n) is 3.73. The lowest BCUT2D eigenvalue weighted by atomic mass is 9.90. The highest BCUT2D eigenvalue weighted by Crippen LogP contribution is 2.39. The van der Waals surface area contributed by atoms with Gasteiger partial charge in [-0.3, -0.25) is 5.10 Å². The van der Waals surface area contributed by atoms with Gasteiger partial charge in [0.25, 0.3) is 0 Å². The number of H-pyrrole nitrogens is 2. The number of aromatic nitrogens is 3. The summed E-state index contributed by atoms with van der Waals surface area (Å²) in [5, 5.41) is 9.23. The van der Waals surface area contributed by atoms with Gasteiger partial charge in [-0.05, 0) is 37.5 Å². The fourth-order valence-corrected chi connectivity index (χ4v) is 3.73. The highest BCUT2D eigenvalue weighted by molar-refractivity contribution is 5.93. The molecule has 0 atom stereocenters. The van der Waals surface area contributed by atoms with Gasteiger partial charge in [0.15, 0.2) is 0 Å². The quantitative estimate of drug-likeness (QED) is 0.502. The lowest BCUT2D eigenvalue weighted by molar-refractivity contribution is 0.948. The molecule has 0 radical (unpaired) electrons. The summed E-state index contributed by atoms with van der Waals surface area (Å²) in [7, 11) is 0. The van der Waals surface area contributed by atoms with Gasteiger partial charge in [-0.2, -0.15) is 5.10 Å². The van der Waals surface area contributed by atoms with Crippen LogP contribution in [0, 0.1) is 6.92 Å². The molecule has 5 rings (SSSR count). The van der Waals surface area contributed by atoms with E-state index < -0.39 is 0 Å². The second-order valence-corrected chi connectivity index (χ2v) is 6.32. The number of nitrogens with zero attached hydrogens (tertiary/aromatic N) is 1. The number of benzene rings is 2. The van der Waals surface area contributed by atoms with Gasteiger partial charge in [0, 0.05) is 22.0 Å². The molecule has 2 N–H and O–H groups in total. The number of fused-ring (bicyclic) bond motifs is 5. The van der Waals surface area contributed by atoms with E-state index in [4.69, 9.17) is 0 Å². The number of aromatic amines is 2. The third-order valence-electron chi connectivity index (χ3n) is 4.85. The largest absolute Gasteiger partial charge is 0.353 e. The minimum absolute atomic E-state index is 0. The number of halogens is 1. The molecule has 24 heavy (non-hydrogen) atoms. The molecule has 1 aliphatic rings. The zero-order valence-electron chi connectivity index (χ0n) is 13.4. The minimum Gasteiger partial charge on any atom is -0.353 e. The zero-order chi connectivity index (χ0) is 15.4. The van der Waals surface area contributed by atoms with Crippen molar-refractivity contribution in [2.45, 2.75) is 19.8 Å². The van der Waals surface area contributed by atoms with Gasteiger partial charge in [-0.25, -0.2) is 0 Å². The summed E-state index contributed by atoms with van der Waals surface area (Å²) in [5.41, 5.74) is 9.89. The molecule has 4 aromatic rings. The van der Waals surface area contributed by atoms with E-state index in [9.17, 15) is 0 Å². The maximum absolute atomic E-state index is 4.61. The molecule has 2 aromatic heterocycles. The number of nitrogens with one attached hydrogen (secondary N) is 2. The number of hydrogen-bond acceptors (Lipinski definition) is 1. The smallest absolute Gasteiger partial charge is 0.0959 e. The van der Waals surface area contributed by atoms with Crippen molar-refractivity contribution in [2.75, 3.05) is 0 Å². The lowest BCUT2D eigenvalue weighted by Crippen LogP contribution is -2.02. The molecule has 0 amide bonds. The van der Waals surface area contributed by atoms with Gasteiger partial charge in [-0.1, -0.05) is 42.0 Å². The number of hydrogen-bond donors (Lipinski definition) is 2. The van der Waals surface area contributed by atoms with E-state index >= 15 is 0 Å². The third-order valence-corrected chi connectivity index (χ3v) is 4.85. The Balaban J connectivity index is 0.00000146. The Morgan fingerprint density at radius 3 is 2.54 bits per heavy atom. The van der Waals surface area contributed by atoms with Crippen LogP contribution in [-0.4, -0.2) is 15.2 Å². The first-order chi connectivity index (χ1) is 11.3. The molecule has 2 heterocycles. The second-order valence-electron chi connectivity index (χ2n) is 6.32. The Hall–Kier alpha value is -2.52. The van der Waals surface area contributed by atoms with Crippen molar-refractivity contribution >= 4 is 23.3 Å². The molecule has 0 unspecified atom stereocenters. The van der Waals surface area contributed by atoms with Crippen molar-refractivity contribution in [3.8, 4) is 22.6 Å². The summed E-state index contributed by atoms with van der Waals surface area (Å²) in [5.74, 6) is 0. The third kappa shape index (κ3) is 2.09. The van der Waals surface area contributed by atoms with Gasteiger partial charge in [-0.15, -0.1) is 12.4 Å². The average Bonchev–Trinajstić information content (AvgIpc) is 3.16. The molecular formula is C20H18ClN3. The summed E-state index contributed by atoms with van der Waals surface area (Å²) in [4.78, 5) is 3.59. The van der Waals surface area contributed by atoms with Crippen molar-refractivity contribution in [2.24, 2.45) is 0 Å². The van der Waals surface area contributed by atoms with Crippen LogP contribution in [0.15, 0.2) is 48.5 Å². The summed E-state index contributed by atoms with van der Waals surface area (Å²) >= 11 is 0. The molecule has 0 bridgehead atoms. The van der Waals surface area contributed by atoms with E-state index in [0.29, 0.717) is 0 Å². The predicted molar refractivity (Wildman–Crippen MR) is 101 cm³/mol. The molecule has 0 saturated carbocycles.